The van der Waals surface area contributed by atoms with Gasteiger partial charge in [0.25, 0.3) is 0 Å². The van der Waals surface area contributed by atoms with Crippen LogP contribution in [0.3, 0.4) is 0 Å². The highest BCUT2D eigenvalue weighted by atomic mass is 16.5. The van der Waals surface area contributed by atoms with E-state index in [1.165, 1.54) is 13.8 Å². The molecule has 14 nitrogen and oxygen atoms in total. The number of methoxy groups -OCH3 is 2. The van der Waals surface area contributed by atoms with E-state index in [0.29, 0.717) is 73.2 Å². The van der Waals surface area contributed by atoms with Crippen molar-refractivity contribution in [1.29, 1.82) is 0 Å². The number of carbonyl (C=O) groups excluding carboxylic acids is 2. The molecule has 2 aromatic carbocycles. The van der Waals surface area contributed by atoms with Gasteiger partial charge in [-0.1, -0.05) is 27.7 Å². The van der Waals surface area contributed by atoms with E-state index in [1.807, 2.05) is 27.7 Å². The lowest BCUT2D eigenvalue weighted by atomic mass is 10.1. The number of aliphatic hydroxyl groups is 2. The van der Waals surface area contributed by atoms with Crippen molar-refractivity contribution in [3.8, 4) is 11.5 Å². The van der Waals surface area contributed by atoms with Gasteiger partial charge in [-0.2, -0.15) is 0 Å². The molecule has 2 unspecified atom stereocenters. The molecule has 0 bridgehead atoms. The molecule has 0 saturated heterocycles. The predicted molar refractivity (Wildman–Crippen MR) is 188 cm³/mol. The molecule has 2 aromatic rings. The molecule has 2 rings (SSSR count). The SMILES string of the molecule is COCc1cc(C(C)=O)ccc1OCC(O)CNC(C)C.COCc1cc(C(C)=O)ccc1OCC(O)CNC(C)C.O=C(O)/C=C/C(=O)O. The highest BCUT2D eigenvalue weighted by Crippen LogP contribution is 2.23. The summed E-state index contributed by atoms with van der Waals surface area (Å²) in [5.41, 5.74) is 2.84. The molecule has 0 heterocycles. The highest BCUT2D eigenvalue weighted by molar-refractivity contribution is 5.95. The average molecular weight is 707 g/mol. The minimum atomic E-state index is -1.26. The first kappa shape index (κ1) is 45.8. The Bertz CT molecular complexity index is 1260. The van der Waals surface area contributed by atoms with Crippen LogP contribution in [-0.2, 0) is 32.3 Å². The van der Waals surface area contributed by atoms with Crippen LogP contribution in [-0.4, -0.2) is 109 Å². The van der Waals surface area contributed by atoms with Crippen molar-refractivity contribution in [3.63, 3.8) is 0 Å². The summed E-state index contributed by atoms with van der Waals surface area (Å²) in [6, 6.07) is 11.1. The van der Waals surface area contributed by atoms with Crippen molar-refractivity contribution in [2.75, 3.05) is 40.5 Å². The van der Waals surface area contributed by atoms with Crippen molar-refractivity contribution < 1.29 is 58.6 Å². The molecule has 2 atom stereocenters. The summed E-state index contributed by atoms with van der Waals surface area (Å²) in [6.07, 6.45) is -0.0597. The fourth-order valence-electron chi connectivity index (χ4n) is 3.79. The standard InChI is InChI=1S/2C16H25NO4.C4H4O4/c2*1-11(2)17-8-15(19)10-21-16-6-5-13(12(3)18)7-14(16)9-20-4;5-3(6)1-2-4(7)8/h2*5-7,11,15,17,19H,8-10H2,1-4H3;1-2H,(H,5,6)(H,7,8)/b;;2-1+. The maximum absolute atomic E-state index is 11.4. The Morgan fingerprint density at radius 1 is 0.660 bits per heavy atom. The number of benzene rings is 2. The molecule has 14 heteroatoms. The van der Waals surface area contributed by atoms with Gasteiger partial charge in [-0.25, -0.2) is 9.59 Å². The zero-order valence-corrected chi connectivity index (χ0v) is 30.2. The van der Waals surface area contributed by atoms with E-state index >= 15 is 0 Å². The fourth-order valence-corrected chi connectivity index (χ4v) is 3.79. The number of Topliss-reactive ketones (excluding diaryl/α,β-unsaturated/α-hetero) is 2. The average Bonchev–Trinajstić information content (AvgIpc) is 3.04. The van der Waals surface area contributed by atoms with Gasteiger partial charge in [0, 0.05) is 73.8 Å². The van der Waals surface area contributed by atoms with Gasteiger partial charge in [-0.3, -0.25) is 9.59 Å². The second-order valence-corrected chi connectivity index (χ2v) is 11.7. The first-order chi connectivity index (χ1) is 23.5. The number of aliphatic hydroxyl groups excluding tert-OH is 2. The number of aliphatic carboxylic acids is 2. The molecule has 280 valence electrons. The summed E-state index contributed by atoms with van der Waals surface area (Å²) >= 11 is 0. The Hall–Kier alpha value is -4.18. The molecule has 0 radical (unpaired) electrons. The van der Waals surface area contributed by atoms with E-state index in [2.05, 4.69) is 10.6 Å². The number of nitrogens with one attached hydrogen (secondary N) is 2. The van der Waals surface area contributed by atoms with Crippen molar-refractivity contribution in [2.24, 2.45) is 0 Å². The Balaban J connectivity index is 0.000000791. The molecule has 0 fully saturated rings. The van der Waals surface area contributed by atoms with Crippen LogP contribution < -0.4 is 20.1 Å². The Morgan fingerprint density at radius 3 is 1.26 bits per heavy atom. The van der Waals surface area contributed by atoms with Gasteiger partial charge >= 0.3 is 11.9 Å². The summed E-state index contributed by atoms with van der Waals surface area (Å²) in [4.78, 5) is 41.9. The summed E-state index contributed by atoms with van der Waals surface area (Å²) in [7, 11) is 3.18. The van der Waals surface area contributed by atoms with Crippen LogP contribution in [0, 0.1) is 0 Å². The molecule has 0 aromatic heterocycles. The molecule has 0 amide bonds. The second kappa shape index (κ2) is 25.7. The van der Waals surface area contributed by atoms with E-state index in [0.717, 1.165) is 11.1 Å². The predicted octanol–water partition coefficient (Wildman–Crippen LogP) is 3.26. The third kappa shape index (κ3) is 21.7. The van der Waals surface area contributed by atoms with Gasteiger partial charge in [0.15, 0.2) is 11.6 Å². The van der Waals surface area contributed by atoms with Crippen LogP contribution in [0.25, 0.3) is 0 Å². The van der Waals surface area contributed by atoms with E-state index in [4.69, 9.17) is 29.2 Å². The van der Waals surface area contributed by atoms with Crippen molar-refractivity contribution >= 4 is 23.5 Å². The molecular formula is C36H54N2O12. The van der Waals surface area contributed by atoms with E-state index in [9.17, 15) is 29.4 Å². The van der Waals surface area contributed by atoms with Crippen LogP contribution >= 0.6 is 0 Å². The lowest BCUT2D eigenvalue weighted by molar-refractivity contribution is -0.134. The molecule has 0 aliphatic rings. The van der Waals surface area contributed by atoms with Crippen molar-refractivity contribution in [2.45, 2.75) is 79.0 Å². The lowest BCUT2D eigenvalue weighted by Gasteiger charge is -2.17. The monoisotopic (exact) mass is 706 g/mol. The molecule has 0 aliphatic carbocycles. The topological polar surface area (TPSA) is 210 Å². The summed E-state index contributed by atoms with van der Waals surface area (Å²) in [5, 5.41) is 41.6. The zero-order chi connectivity index (χ0) is 38.2. The van der Waals surface area contributed by atoms with Gasteiger partial charge in [-0.15, -0.1) is 0 Å². The second-order valence-electron chi connectivity index (χ2n) is 11.7. The number of ketones is 2. The number of hydrogen-bond donors (Lipinski definition) is 6. The first-order valence-corrected chi connectivity index (χ1v) is 16.0. The van der Waals surface area contributed by atoms with Crippen molar-refractivity contribution in [3.05, 3.63) is 70.8 Å². The summed E-state index contributed by atoms with van der Waals surface area (Å²) in [6.45, 7) is 13.2. The number of hydrogen-bond acceptors (Lipinski definition) is 12. The number of ether oxygens (including phenoxy) is 4. The largest absolute Gasteiger partial charge is 0.490 e. The quantitative estimate of drug-likeness (QED) is 0.0863. The van der Waals surface area contributed by atoms with Crippen LogP contribution in [0.4, 0.5) is 0 Å². The normalized spacial score (nSPS) is 12.0. The molecule has 0 saturated carbocycles. The summed E-state index contributed by atoms with van der Waals surface area (Å²) in [5.74, 6) is -1.25. The van der Waals surface area contributed by atoms with Gasteiger partial charge in [-0.05, 0) is 50.2 Å². The van der Waals surface area contributed by atoms with Gasteiger partial charge < -0.3 is 50.0 Å². The number of carbonyl (C=O) groups is 4. The zero-order valence-electron chi connectivity index (χ0n) is 30.2. The van der Waals surface area contributed by atoms with E-state index < -0.39 is 24.1 Å². The van der Waals surface area contributed by atoms with Crippen LogP contribution in [0.5, 0.6) is 11.5 Å². The van der Waals surface area contributed by atoms with Gasteiger partial charge in [0.2, 0.25) is 0 Å². The molecular weight excluding hydrogens is 652 g/mol. The van der Waals surface area contributed by atoms with Gasteiger partial charge in [0.05, 0.1) is 13.2 Å². The minimum absolute atomic E-state index is 0.0000659. The highest BCUT2D eigenvalue weighted by Gasteiger charge is 2.12. The third-order valence-electron chi connectivity index (χ3n) is 6.29. The molecule has 6 N–H and O–H groups in total. The molecule has 0 aliphatic heterocycles. The van der Waals surface area contributed by atoms with E-state index in [1.54, 1.807) is 50.6 Å². The Labute approximate surface area is 294 Å². The maximum atomic E-state index is 11.4. The fraction of sp³-hybridized carbons (Fsp3) is 0.500. The summed E-state index contributed by atoms with van der Waals surface area (Å²) < 4.78 is 21.5. The van der Waals surface area contributed by atoms with Crippen LogP contribution in [0.1, 0.15) is 73.4 Å². The molecule has 0 spiro atoms. The van der Waals surface area contributed by atoms with Gasteiger partial charge in [0.1, 0.15) is 36.9 Å². The third-order valence-corrected chi connectivity index (χ3v) is 6.29. The van der Waals surface area contributed by atoms with Crippen LogP contribution in [0.2, 0.25) is 0 Å². The van der Waals surface area contributed by atoms with Crippen LogP contribution in [0.15, 0.2) is 48.6 Å². The Morgan fingerprint density at radius 2 is 1.00 bits per heavy atom. The van der Waals surface area contributed by atoms with E-state index in [-0.39, 0.29) is 24.8 Å². The lowest BCUT2D eigenvalue weighted by Crippen LogP contribution is -2.35. The van der Waals surface area contributed by atoms with Crippen molar-refractivity contribution in [1.82, 2.24) is 10.6 Å². The minimum Gasteiger partial charge on any atom is -0.490 e. The smallest absolute Gasteiger partial charge is 0.328 e. The Kier molecular flexibility index (Phi) is 23.6. The molecule has 50 heavy (non-hydrogen) atoms. The maximum Gasteiger partial charge on any atom is 0.328 e. The number of carboxylic acids is 2. The number of carboxylic acid groups (broad SMARTS) is 2. The number of rotatable bonds is 20. The first-order valence-electron chi connectivity index (χ1n) is 16.0.